The summed E-state index contributed by atoms with van der Waals surface area (Å²) in [7, 11) is 0. The second-order valence-electron chi connectivity index (χ2n) is 7.25. The molecule has 0 bridgehead atoms. The number of aryl methyl sites for hydroxylation is 3. The van der Waals surface area contributed by atoms with E-state index < -0.39 is 0 Å². The Kier molecular flexibility index (Phi) is 4.77. The van der Waals surface area contributed by atoms with Gasteiger partial charge in [-0.2, -0.15) is 4.57 Å². The SMILES string of the molecule is Cc1cc(C(=O)C[n+]2ccc3c(c2)CCCC3)c(C)n1Cc1cccs1. The molecule has 0 saturated carbocycles. The number of ketones is 1. The van der Waals surface area contributed by atoms with Crippen LogP contribution in [0.25, 0.3) is 0 Å². The smallest absolute Gasteiger partial charge is 0.229 e. The molecule has 0 N–H and O–H groups in total. The molecule has 134 valence electrons. The highest BCUT2D eigenvalue weighted by molar-refractivity contribution is 7.09. The first-order valence-electron chi connectivity index (χ1n) is 9.35. The van der Waals surface area contributed by atoms with Crippen molar-refractivity contribution in [1.29, 1.82) is 0 Å². The molecule has 0 aliphatic heterocycles. The molecule has 4 rings (SSSR count). The molecular weight excluding hydrogens is 340 g/mol. The molecule has 1 aliphatic carbocycles. The van der Waals surface area contributed by atoms with Gasteiger partial charge < -0.3 is 4.57 Å². The first-order chi connectivity index (χ1) is 12.6. The lowest BCUT2D eigenvalue weighted by Gasteiger charge is -2.13. The molecule has 0 atom stereocenters. The summed E-state index contributed by atoms with van der Waals surface area (Å²) in [6, 6.07) is 8.47. The Bertz CT molecular complexity index is 937. The van der Waals surface area contributed by atoms with Gasteiger partial charge in [0.2, 0.25) is 12.3 Å². The third-order valence-corrected chi connectivity index (χ3v) is 6.30. The first kappa shape index (κ1) is 17.2. The standard InChI is InChI=1S/C22H25N2OS/c1-16-12-21(17(2)24(16)14-20-8-5-11-26-20)22(25)15-23-10-9-18-6-3-4-7-19(18)13-23/h5,8-13H,3-4,6-7,14-15H2,1-2H3/q+1. The maximum Gasteiger partial charge on any atom is 0.229 e. The molecule has 3 aromatic rings. The zero-order chi connectivity index (χ0) is 18.1. The summed E-state index contributed by atoms with van der Waals surface area (Å²) in [6.07, 6.45) is 9.10. The van der Waals surface area contributed by atoms with Crippen molar-refractivity contribution in [2.45, 2.75) is 52.6 Å². The van der Waals surface area contributed by atoms with Crippen LogP contribution < -0.4 is 4.57 Å². The molecule has 3 nitrogen and oxygen atoms in total. The van der Waals surface area contributed by atoms with E-state index in [0.717, 1.165) is 29.9 Å². The summed E-state index contributed by atoms with van der Waals surface area (Å²) < 4.78 is 4.30. The number of hydrogen-bond acceptors (Lipinski definition) is 2. The van der Waals surface area contributed by atoms with Crippen LogP contribution in [0.4, 0.5) is 0 Å². The monoisotopic (exact) mass is 365 g/mol. The van der Waals surface area contributed by atoms with E-state index in [1.165, 1.54) is 35.3 Å². The number of carbonyl (C=O) groups excluding carboxylic acids is 1. The number of pyridine rings is 1. The van der Waals surface area contributed by atoms with Crippen LogP contribution in [-0.4, -0.2) is 10.4 Å². The fourth-order valence-electron chi connectivity index (χ4n) is 3.95. The fourth-order valence-corrected chi connectivity index (χ4v) is 4.65. The van der Waals surface area contributed by atoms with E-state index in [0.29, 0.717) is 6.54 Å². The van der Waals surface area contributed by atoms with Gasteiger partial charge >= 0.3 is 0 Å². The van der Waals surface area contributed by atoms with Crippen LogP contribution in [-0.2, 0) is 25.9 Å². The lowest BCUT2D eigenvalue weighted by atomic mass is 9.93. The Morgan fingerprint density at radius 1 is 1.19 bits per heavy atom. The second-order valence-corrected chi connectivity index (χ2v) is 8.28. The molecule has 0 unspecified atom stereocenters. The molecule has 0 fully saturated rings. The lowest BCUT2D eigenvalue weighted by Crippen LogP contribution is -2.38. The average molecular weight is 366 g/mol. The van der Waals surface area contributed by atoms with Gasteiger partial charge in [0.25, 0.3) is 0 Å². The van der Waals surface area contributed by atoms with Crippen molar-refractivity contribution in [3.8, 4) is 0 Å². The number of rotatable bonds is 5. The van der Waals surface area contributed by atoms with Gasteiger partial charge in [-0.15, -0.1) is 11.3 Å². The summed E-state index contributed by atoms with van der Waals surface area (Å²) in [5.41, 5.74) is 5.93. The van der Waals surface area contributed by atoms with Gasteiger partial charge in [0.15, 0.2) is 12.4 Å². The summed E-state index contributed by atoms with van der Waals surface area (Å²) in [5.74, 6) is 0.191. The molecule has 3 heterocycles. The average Bonchev–Trinajstić information content (AvgIpc) is 3.25. The number of carbonyl (C=O) groups is 1. The van der Waals surface area contributed by atoms with Gasteiger partial charge in [0, 0.05) is 33.5 Å². The van der Waals surface area contributed by atoms with E-state index in [1.807, 2.05) is 6.07 Å². The summed E-state index contributed by atoms with van der Waals surface area (Å²) >= 11 is 1.76. The Morgan fingerprint density at radius 3 is 2.77 bits per heavy atom. The normalized spacial score (nSPS) is 13.6. The Morgan fingerprint density at radius 2 is 2.00 bits per heavy atom. The van der Waals surface area contributed by atoms with Crippen molar-refractivity contribution in [3.63, 3.8) is 0 Å². The van der Waals surface area contributed by atoms with Crippen LogP contribution in [0.1, 0.15) is 50.6 Å². The number of hydrogen-bond donors (Lipinski definition) is 0. The van der Waals surface area contributed by atoms with Crippen molar-refractivity contribution in [2.75, 3.05) is 0 Å². The molecule has 0 aromatic carbocycles. The van der Waals surface area contributed by atoms with E-state index in [4.69, 9.17) is 0 Å². The maximum atomic E-state index is 12.9. The van der Waals surface area contributed by atoms with Crippen LogP contribution in [0.3, 0.4) is 0 Å². The third kappa shape index (κ3) is 3.38. The quantitative estimate of drug-likeness (QED) is 0.490. The van der Waals surface area contributed by atoms with Gasteiger partial charge in [0.1, 0.15) is 0 Å². The topological polar surface area (TPSA) is 25.9 Å². The number of aromatic nitrogens is 2. The van der Waals surface area contributed by atoms with Crippen molar-refractivity contribution in [3.05, 3.63) is 75.0 Å². The highest BCUT2D eigenvalue weighted by Crippen LogP contribution is 2.21. The van der Waals surface area contributed by atoms with Crippen molar-refractivity contribution >= 4 is 17.1 Å². The van der Waals surface area contributed by atoms with Crippen molar-refractivity contribution < 1.29 is 9.36 Å². The second kappa shape index (κ2) is 7.20. The van der Waals surface area contributed by atoms with Crippen LogP contribution in [0, 0.1) is 13.8 Å². The number of Topliss-reactive ketones (excluding diaryl/α,β-unsaturated/α-hetero) is 1. The largest absolute Gasteiger partial charge is 0.343 e. The zero-order valence-electron chi connectivity index (χ0n) is 15.5. The molecular formula is C22H25N2OS+. The number of nitrogens with zero attached hydrogens (tertiary/aromatic N) is 2. The molecule has 0 saturated heterocycles. The van der Waals surface area contributed by atoms with Crippen molar-refractivity contribution in [1.82, 2.24) is 4.57 Å². The Balaban J connectivity index is 1.55. The van der Waals surface area contributed by atoms with E-state index in [9.17, 15) is 4.79 Å². The predicted molar refractivity (Wildman–Crippen MR) is 105 cm³/mol. The zero-order valence-corrected chi connectivity index (χ0v) is 16.3. The highest BCUT2D eigenvalue weighted by Gasteiger charge is 2.21. The minimum absolute atomic E-state index is 0.191. The Hall–Kier alpha value is -2.20. The summed E-state index contributed by atoms with van der Waals surface area (Å²) in [4.78, 5) is 14.3. The van der Waals surface area contributed by atoms with Gasteiger partial charge in [0.05, 0.1) is 6.54 Å². The molecule has 26 heavy (non-hydrogen) atoms. The molecule has 3 aromatic heterocycles. The summed E-state index contributed by atoms with van der Waals surface area (Å²) in [5, 5.41) is 2.10. The predicted octanol–water partition coefficient (Wildman–Crippen LogP) is 4.26. The first-order valence-corrected chi connectivity index (χ1v) is 10.2. The van der Waals surface area contributed by atoms with Gasteiger partial charge in [-0.1, -0.05) is 6.07 Å². The summed E-state index contributed by atoms with van der Waals surface area (Å²) in [6.45, 7) is 5.40. The van der Waals surface area contributed by atoms with Crippen LogP contribution >= 0.6 is 11.3 Å². The van der Waals surface area contributed by atoms with Gasteiger partial charge in [-0.3, -0.25) is 4.79 Å². The van der Waals surface area contributed by atoms with E-state index in [-0.39, 0.29) is 5.78 Å². The van der Waals surface area contributed by atoms with E-state index in [1.54, 1.807) is 11.3 Å². The molecule has 1 aliphatic rings. The van der Waals surface area contributed by atoms with Gasteiger partial charge in [-0.25, -0.2) is 0 Å². The van der Waals surface area contributed by atoms with Crippen LogP contribution in [0.15, 0.2) is 42.0 Å². The van der Waals surface area contributed by atoms with E-state index >= 15 is 0 Å². The number of thiophene rings is 1. The minimum atomic E-state index is 0.191. The minimum Gasteiger partial charge on any atom is -0.343 e. The molecule has 0 radical (unpaired) electrons. The van der Waals surface area contributed by atoms with Gasteiger partial charge in [-0.05, 0) is 62.6 Å². The lowest BCUT2D eigenvalue weighted by molar-refractivity contribution is -0.683. The molecule has 0 amide bonds. The van der Waals surface area contributed by atoms with Crippen molar-refractivity contribution in [2.24, 2.45) is 0 Å². The van der Waals surface area contributed by atoms with Crippen LogP contribution in [0.5, 0.6) is 0 Å². The highest BCUT2D eigenvalue weighted by atomic mass is 32.1. The molecule has 4 heteroatoms. The maximum absolute atomic E-state index is 12.9. The van der Waals surface area contributed by atoms with E-state index in [2.05, 4.69) is 59.0 Å². The number of fused-ring (bicyclic) bond motifs is 1. The fraction of sp³-hybridized carbons (Fsp3) is 0.364. The third-order valence-electron chi connectivity index (χ3n) is 5.44. The molecule has 0 spiro atoms. The van der Waals surface area contributed by atoms with Crippen LogP contribution in [0.2, 0.25) is 0 Å². The Labute approximate surface area is 158 Å².